The monoisotopic (exact) mass is 527 g/mol. The molecule has 0 aliphatic carbocycles. The normalized spacial score (nSPS) is 11.5. The molecule has 198 valence electrons. The molecule has 0 bridgehead atoms. The van der Waals surface area contributed by atoms with Crippen LogP contribution in [0.1, 0.15) is 31.6 Å². The summed E-state index contributed by atoms with van der Waals surface area (Å²) in [6.45, 7) is 4.57. The lowest BCUT2D eigenvalue weighted by Gasteiger charge is -2.31. The molecule has 0 saturated heterocycles. The van der Waals surface area contributed by atoms with Crippen molar-refractivity contribution in [2.45, 2.75) is 39.3 Å². The Bertz CT molecular complexity index is 1150. The number of ether oxygens (including phenoxy) is 2. The maximum Gasteiger partial charge on any atom is 0.322 e. The van der Waals surface area contributed by atoms with Crippen LogP contribution < -0.4 is 14.8 Å². The highest BCUT2D eigenvalue weighted by molar-refractivity contribution is 6.30. The Labute approximate surface area is 223 Å². The zero-order valence-corrected chi connectivity index (χ0v) is 22.5. The van der Waals surface area contributed by atoms with Crippen molar-refractivity contribution in [1.29, 1.82) is 0 Å². The van der Waals surface area contributed by atoms with Crippen LogP contribution in [0.4, 0.5) is 10.5 Å². The number of halogens is 1. The molecule has 1 atom stereocenters. The summed E-state index contributed by atoms with van der Waals surface area (Å²) in [5.41, 5.74) is 1.60. The fourth-order valence-corrected chi connectivity index (χ4v) is 3.93. The average Bonchev–Trinajstić information content (AvgIpc) is 3.43. The second-order valence-corrected chi connectivity index (χ2v) is 9.09. The fraction of sp³-hybridized carbons (Fsp3) is 0.357. The summed E-state index contributed by atoms with van der Waals surface area (Å²) in [5, 5.41) is 3.45. The minimum absolute atomic E-state index is 0.0684. The Morgan fingerprint density at radius 1 is 1.05 bits per heavy atom. The topological polar surface area (TPSA) is 84.2 Å². The first kappa shape index (κ1) is 27.9. The summed E-state index contributed by atoms with van der Waals surface area (Å²) in [7, 11) is 3.18. The third kappa shape index (κ3) is 7.92. The highest BCUT2D eigenvalue weighted by Gasteiger charge is 2.25. The van der Waals surface area contributed by atoms with Gasteiger partial charge < -0.3 is 29.0 Å². The number of nitrogens with zero attached hydrogens (tertiary/aromatic N) is 2. The van der Waals surface area contributed by atoms with E-state index < -0.39 is 0 Å². The molecule has 0 fully saturated rings. The van der Waals surface area contributed by atoms with E-state index in [9.17, 15) is 9.59 Å². The molecule has 0 saturated carbocycles. The first-order valence-corrected chi connectivity index (χ1v) is 12.6. The number of methoxy groups -OCH3 is 2. The van der Waals surface area contributed by atoms with E-state index in [1.807, 2.05) is 38.1 Å². The lowest BCUT2D eigenvalue weighted by atomic mass is 10.1. The summed E-state index contributed by atoms with van der Waals surface area (Å²) in [6.07, 6.45) is 2.87. The van der Waals surface area contributed by atoms with Gasteiger partial charge in [-0.1, -0.05) is 24.6 Å². The Balaban J connectivity index is 1.75. The first-order valence-electron chi connectivity index (χ1n) is 12.2. The predicted molar refractivity (Wildman–Crippen MR) is 144 cm³/mol. The highest BCUT2D eigenvalue weighted by atomic mass is 35.5. The van der Waals surface area contributed by atoms with E-state index in [0.717, 1.165) is 5.56 Å². The molecule has 2 aromatic carbocycles. The van der Waals surface area contributed by atoms with Crippen LogP contribution in [0.3, 0.4) is 0 Å². The van der Waals surface area contributed by atoms with Crippen molar-refractivity contribution in [3.63, 3.8) is 0 Å². The zero-order chi connectivity index (χ0) is 26.8. The molecule has 3 amide bonds. The van der Waals surface area contributed by atoms with Gasteiger partial charge in [-0.3, -0.25) is 4.79 Å². The number of nitrogens with one attached hydrogen (secondary N) is 1. The number of hydrogen-bond donors (Lipinski definition) is 1. The van der Waals surface area contributed by atoms with Gasteiger partial charge in [0.2, 0.25) is 5.91 Å². The second-order valence-electron chi connectivity index (χ2n) is 8.66. The second kappa shape index (κ2) is 13.6. The molecular weight excluding hydrogens is 494 g/mol. The molecule has 0 aliphatic heterocycles. The molecule has 1 heterocycles. The van der Waals surface area contributed by atoms with E-state index in [-0.39, 0.29) is 24.5 Å². The van der Waals surface area contributed by atoms with Crippen LogP contribution in [-0.2, 0) is 17.8 Å². The molecule has 1 unspecified atom stereocenters. The number of hydrogen-bond acceptors (Lipinski definition) is 5. The maximum atomic E-state index is 13.5. The van der Waals surface area contributed by atoms with Crippen LogP contribution in [0.15, 0.2) is 65.3 Å². The zero-order valence-electron chi connectivity index (χ0n) is 21.7. The molecule has 3 aromatic rings. The van der Waals surface area contributed by atoms with Crippen molar-refractivity contribution in [3.05, 3.63) is 77.2 Å². The van der Waals surface area contributed by atoms with Crippen molar-refractivity contribution in [2.75, 3.05) is 32.6 Å². The van der Waals surface area contributed by atoms with Crippen LogP contribution in [0.25, 0.3) is 0 Å². The number of amides is 3. The summed E-state index contributed by atoms with van der Waals surface area (Å²) >= 11 is 5.96. The van der Waals surface area contributed by atoms with E-state index in [1.165, 1.54) is 0 Å². The molecule has 1 N–H and O–H groups in total. The number of carbonyl (C=O) groups excluding carboxylic acids is 2. The van der Waals surface area contributed by atoms with Crippen molar-refractivity contribution >= 4 is 29.2 Å². The molecule has 3 rings (SSSR count). The van der Waals surface area contributed by atoms with Crippen LogP contribution >= 0.6 is 11.6 Å². The van der Waals surface area contributed by atoms with E-state index in [0.29, 0.717) is 53.9 Å². The van der Waals surface area contributed by atoms with Gasteiger partial charge in [-0.25, -0.2) is 4.79 Å². The number of anilines is 1. The van der Waals surface area contributed by atoms with Gasteiger partial charge in [0.25, 0.3) is 0 Å². The summed E-state index contributed by atoms with van der Waals surface area (Å²) in [5.74, 6) is 1.76. The number of rotatable bonds is 12. The van der Waals surface area contributed by atoms with Crippen molar-refractivity contribution < 1.29 is 23.5 Å². The fourth-order valence-electron chi connectivity index (χ4n) is 3.81. The third-order valence-corrected chi connectivity index (χ3v) is 6.43. The SMILES string of the molecule is CCC(C)N(CC(=O)N(CCc1ccc(OC)c(OC)c1)Cc1ccco1)C(=O)Nc1ccc(Cl)cc1. The lowest BCUT2D eigenvalue weighted by Crippen LogP contribution is -2.48. The van der Waals surface area contributed by atoms with E-state index in [2.05, 4.69) is 5.32 Å². The van der Waals surface area contributed by atoms with Crippen molar-refractivity contribution in [2.24, 2.45) is 0 Å². The minimum atomic E-state index is -0.345. The molecule has 8 nitrogen and oxygen atoms in total. The smallest absolute Gasteiger partial charge is 0.322 e. The Kier molecular flexibility index (Phi) is 10.3. The molecule has 9 heteroatoms. The lowest BCUT2D eigenvalue weighted by molar-refractivity contribution is -0.133. The minimum Gasteiger partial charge on any atom is -0.493 e. The maximum absolute atomic E-state index is 13.5. The summed E-state index contributed by atoms with van der Waals surface area (Å²) in [6, 6.07) is 15.7. The Hall–Kier alpha value is -3.65. The Morgan fingerprint density at radius 2 is 1.78 bits per heavy atom. The summed E-state index contributed by atoms with van der Waals surface area (Å²) < 4.78 is 16.2. The van der Waals surface area contributed by atoms with Gasteiger partial charge in [0.15, 0.2) is 11.5 Å². The molecule has 1 aromatic heterocycles. The van der Waals surface area contributed by atoms with Gasteiger partial charge in [0.1, 0.15) is 12.3 Å². The van der Waals surface area contributed by atoms with Crippen LogP contribution in [-0.4, -0.2) is 55.1 Å². The van der Waals surface area contributed by atoms with Gasteiger partial charge in [-0.15, -0.1) is 0 Å². The summed E-state index contributed by atoms with van der Waals surface area (Å²) in [4.78, 5) is 30.0. The largest absolute Gasteiger partial charge is 0.493 e. The van der Waals surface area contributed by atoms with E-state index >= 15 is 0 Å². The highest BCUT2D eigenvalue weighted by Crippen LogP contribution is 2.28. The molecule has 0 radical (unpaired) electrons. The first-order chi connectivity index (χ1) is 17.8. The van der Waals surface area contributed by atoms with Gasteiger partial charge in [-0.2, -0.15) is 0 Å². The van der Waals surface area contributed by atoms with Crippen molar-refractivity contribution in [3.8, 4) is 11.5 Å². The van der Waals surface area contributed by atoms with Gasteiger partial charge in [0.05, 0.1) is 27.0 Å². The number of benzene rings is 2. The number of urea groups is 1. The van der Waals surface area contributed by atoms with E-state index in [1.54, 1.807) is 60.6 Å². The third-order valence-electron chi connectivity index (χ3n) is 6.18. The number of carbonyl (C=O) groups is 2. The predicted octanol–water partition coefficient (Wildman–Crippen LogP) is 5.85. The molecule has 0 aliphatic rings. The molecule has 37 heavy (non-hydrogen) atoms. The molecular formula is C28H34ClN3O5. The van der Waals surface area contributed by atoms with Crippen LogP contribution in [0, 0.1) is 0 Å². The quantitative estimate of drug-likeness (QED) is 0.319. The van der Waals surface area contributed by atoms with Crippen LogP contribution in [0.5, 0.6) is 11.5 Å². The standard InChI is InChI=1S/C28H34ClN3O5/c1-5-20(2)32(28(34)30-23-11-9-22(29)10-12-23)19-27(33)31(18-24-7-6-16-37-24)15-14-21-8-13-25(35-3)26(17-21)36-4/h6-13,16-17,20H,5,14-15,18-19H2,1-4H3,(H,30,34). The average molecular weight is 528 g/mol. The molecule has 0 spiro atoms. The van der Waals surface area contributed by atoms with Crippen molar-refractivity contribution in [1.82, 2.24) is 9.80 Å². The van der Waals surface area contributed by atoms with Gasteiger partial charge in [0, 0.05) is 23.3 Å². The van der Waals surface area contributed by atoms with E-state index in [4.69, 9.17) is 25.5 Å². The van der Waals surface area contributed by atoms with Gasteiger partial charge >= 0.3 is 6.03 Å². The number of furan rings is 1. The Morgan fingerprint density at radius 3 is 2.41 bits per heavy atom. The van der Waals surface area contributed by atoms with Crippen LogP contribution in [0.2, 0.25) is 5.02 Å². The van der Waals surface area contributed by atoms with Gasteiger partial charge in [-0.05, 0) is 73.9 Å².